The van der Waals surface area contributed by atoms with Gasteiger partial charge in [-0.2, -0.15) is 0 Å². The summed E-state index contributed by atoms with van der Waals surface area (Å²) >= 11 is 0. The Kier molecular flexibility index (Phi) is 2.99. The summed E-state index contributed by atoms with van der Waals surface area (Å²) in [6, 6.07) is 0.534. The minimum Gasteiger partial charge on any atom is -0.327 e. The van der Waals surface area contributed by atoms with Crippen molar-refractivity contribution in [3.63, 3.8) is 0 Å². The van der Waals surface area contributed by atoms with E-state index in [0.717, 1.165) is 17.8 Å². The van der Waals surface area contributed by atoms with Gasteiger partial charge < -0.3 is 10.6 Å². The second-order valence-corrected chi connectivity index (χ2v) is 7.25. The van der Waals surface area contributed by atoms with E-state index >= 15 is 0 Å². The second-order valence-electron chi connectivity index (χ2n) is 7.25. The maximum absolute atomic E-state index is 6.61. The highest BCUT2D eigenvalue weighted by Crippen LogP contribution is 2.61. The predicted octanol–water partition coefficient (Wildman–Crippen LogP) is 2.48. The van der Waals surface area contributed by atoms with Gasteiger partial charge in [0.1, 0.15) is 0 Å². The summed E-state index contributed by atoms with van der Waals surface area (Å²) in [5.41, 5.74) is 7.17. The van der Waals surface area contributed by atoms with Crippen molar-refractivity contribution in [3.8, 4) is 0 Å². The molecule has 0 heterocycles. The fourth-order valence-electron chi connectivity index (χ4n) is 5.41. The second kappa shape index (κ2) is 4.24. The van der Waals surface area contributed by atoms with E-state index in [-0.39, 0.29) is 0 Å². The third-order valence-electron chi connectivity index (χ3n) is 6.00. The molecule has 0 radical (unpaired) electrons. The van der Waals surface area contributed by atoms with E-state index in [1.807, 2.05) is 0 Å². The van der Waals surface area contributed by atoms with Crippen molar-refractivity contribution in [1.82, 2.24) is 4.90 Å². The van der Waals surface area contributed by atoms with Gasteiger partial charge in [-0.05, 0) is 75.8 Å². The van der Waals surface area contributed by atoms with E-state index in [1.165, 1.54) is 51.5 Å². The summed E-state index contributed by atoms with van der Waals surface area (Å²) in [5.74, 6) is 2.76. The fraction of sp³-hybridized carbons (Fsp3) is 1.00. The zero-order valence-electron chi connectivity index (χ0n) is 11.5. The number of nitrogens with zero attached hydrogens (tertiary/aromatic N) is 1. The molecule has 0 aliphatic heterocycles. The molecule has 0 aromatic carbocycles. The van der Waals surface area contributed by atoms with Crippen molar-refractivity contribution < 1.29 is 0 Å². The van der Waals surface area contributed by atoms with Crippen LogP contribution in [0.3, 0.4) is 0 Å². The standard InChI is InChI=1S/C15H28N2/c1-17(2)10-11-4-3-7-15(9-11)13-6-5-12(8-13)14(15)16/h11-14H,3-10,16H2,1-2H3/t11?,12-,13+,14+,15-/m0/s1. The topological polar surface area (TPSA) is 29.3 Å². The molecule has 0 amide bonds. The van der Waals surface area contributed by atoms with E-state index < -0.39 is 0 Å². The summed E-state index contributed by atoms with van der Waals surface area (Å²) < 4.78 is 0. The van der Waals surface area contributed by atoms with Crippen LogP contribution in [0.1, 0.15) is 44.9 Å². The number of nitrogens with two attached hydrogens (primary N) is 1. The first-order chi connectivity index (χ1) is 8.12. The van der Waals surface area contributed by atoms with Crippen LogP contribution in [-0.2, 0) is 0 Å². The lowest BCUT2D eigenvalue weighted by atomic mass is 9.59. The molecule has 1 spiro atoms. The minimum atomic E-state index is 0.534. The monoisotopic (exact) mass is 236 g/mol. The van der Waals surface area contributed by atoms with Crippen LogP contribution in [0, 0.1) is 23.2 Å². The van der Waals surface area contributed by atoms with Crippen molar-refractivity contribution >= 4 is 0 Å². The molecule has 98 valence electrons. The number of fused-ring (bicyclic) bond motifs is 3. The average Bonchev–Trinajstić information content (AvgIpc) is 2.83. The Morgan fingerprint density at radius 1 is 1.24 bits per heavy atom. The normalized spacial score (nSPS) is 49.4. The summed E-state index contributed by atoms with van der Waals surface area (Å²) in [6.07, 6.45) is 10.1. The molecule has 2 bridgehead atoms. The Bertz CT molecular complexity index is 285. The molecule has 3 saturated carbocycles. The molecule has 0 aromatic rings. The highest BCUT2D eigenvalue weighted by Gasteiger charge is 2.57. The summed E-state index contributed by atoms with van der Waals surface area (Å²) in [7, 11) is 4.42. The lowest BCUT2D eigenvalue weighted by Gasteiger charge is -2.48. The Morgan fingerprint density at radius 2 is 2.06 bits per heavy atom. The summed E-state index contributed by atoms with van der Waals surface area (Å²) in [5, 5.41) is 0. The van der Waals surface area contributed by atoms with Crippen LogP contribution >= 0.6 is 0 Å². The van der Waals surface area contributed by atoms with E-state index in [2.05, 4.69) is 19.0 Å². The van der Waals surface area contributed by atoms with Gasteiger partial charge in [0, 0.05) is 12.6 Å². The third kappa shape index (κ3) is 1.84. The van der Waals surface area contributed by atoms with Crippen LogP contribution in [0.2, 0.25) is 0 Å². The number of hydrogen-bond acceptors (Lipinski definition) is 2. The first kappa shape index (κ1) is 12.0. The molecule has 2 nitrogen and oxygen atoms in total. The van der Waals surface area contributed by atoms with E-state index in [4.69, 9.17) is 5.73 Å². The van der Waals surface area contributed by atoms with E-state index in [0.29, 0.717) is 11.5 Å². The SMILES string of the molecule is CN(C)CC1CCC[C@]2(C1)[C@@H]1CC[C@@H](C1)[C@H]2N. The molecule has 3 rings (SSSR count). The van der Waals surface area contributed by atoms with Gasteiger partial charge in [0.15, 0.2) is 0 Å². The van der Waals surface area contributed by atoms with Gasteiger partial charge in [0.25, 0.3) is 0 Å². The van der Waals surface area contributed by atoms with Gasteiger partial charge in [-0.3, -0.25) is 0 Å². The van der Waals surface area contributed by atoms with Gasteiger partial charge in [0.05, 0.1) is 0 Å². The van der Waals surface area contributed by atoms with Crippen molar-refractivity contribution in [2.24, 2.45) is 28.9 Å². The minimum absolute atomic E-state index is 0.534. The van der Waals surface area contributed by atoms with Gasteiger partial charge in [-0.1, -0.05) is 6.42 Å². The van der Waals surface area contributed by atoms with Crippen molar-refractivity contribution in [1.29, 1.82) is 0 Å². The highest BCUT2D eigenvalue weighted by atomic mass is 15.1. The lowest BCUT2D eigenvalue weighted by molar-refractivity contribution is 0.0407. The quantitative estimate of drug-likeness (QED) is 0.798. The van der Waals surface area contributed by atoms with Crippen molar-refractivity contribution in [2.75, 3.05) is 20.6 Å². The molecule has 1 unspecified atom stereocenters. The number of rotatable bonds is 2. The lowest BCUT2D eigenvalue weighted by Crippen LogP contribution is -2.49. The van der Waals surface area contributed by atoms with Crippen LogP contribution in [0.5, 0.6) is 0 Å². The molecule has 3 aliphatic carbocycles. The van der Waals surface area contributed by atoms with Gasteiger partial charge in [-0.15, -0.1) is 0 Å². The van der Waals surface area contributed by atoms with Gasteiger partial charge >= 0.3 is 0 Å². The largest absolute Gasteiger partial charge is 0.327 e. The highest BCUT2D eigenvalue weighted by molar-refractivity contribution is 5.10. The molecule has 0 saturated heterocycles. The third-order valence-corrected chi connectivity index (χ3v) is 6.00. The Labute approximate surface area is 106 Å². The Morgan fingerprint density at radius 3 is 2.71 bits per heavy atom. The first-order valence-electron chi connectivity index (χ1n) is 7.52. The van der Waals surface area contributed by atoms with E-state index in [9.17, 15) is 0 Å². The summed E-state index contributed by atoms with van der Waals surface area (Å²) in [4.78, 5) is 2.36. The summed E-state index contributed by atoms with van der Waals surface area (Å²) in [6.45, 7) is 1.27. The predicted molar refractivity (Wildman–Crippen MR) is 71.8 cm³/mol. The molecule has 3 aliphatic rings. The van der Waals surface area contributed by atoms with Crippen LogP contribution < -0.4 is 5.73 Å². The zero-order valence-corrected chi connectivity index (χ0v) is 11.5. The van der Waals surface area contributed by atoms with Crippen LogP contribution in [0.4, 0.5) is 0 Å². The average molecular weight is 236 g/mol. The maximum atomic E-state index is 6.61. The van der Waals surface area contributed by atoms with E-state index in [1.54, 1.807) is 0 Å². The molecular weight excluding hydrogens is 208 g/mol. The smallest absolute Gasteiger partial charge is 0.0127 e. The fourth-order valence-corrected chi connectivity index (χ4v) is 5.41. The van der Waals surface area contributed by atoms with Crippen molar-refractivity contribution in [2.45, 2.75) is 51.0 Å². The molecule has 0 aromatic heterocycles. The van der Waals surface area contributed by atoms with Crippen LogP contribution in [-0.4, -0.2) is 31.6 Å². The maximum Gasteiger partial charge on any atom is 0.0127 e. The Balaban J connectivity index is 1.74. The van der Waals surface area contributed by atoms with Crippen LogP contribution in [0.25, 0.3) is 0 Å². The zero-order chi connectivity index (χ0) is 12.0. The van der Waals surface area contributed by atoms with Gasteiger partial charge in [0.2, 0.25) is 0 Å². The molecule has 3 fully saturated rings. The number of hydrogen-bond donors (Lipinski definition) is 1. The molecule has 5 atom stereocenters. The Hall–Kier alpha value is -0.0800. The molecule has 2 N–H and O–H groups in total. The molecular formula is C15H28N2. The van der Waals surface area contributed by atoms with Crippen LogP contribution in [0.15, 0.2) is 0 Å². The first-order valence-corrected chi connectivity index (χ1v) is 7.52. The molecule has 17 heavy (non-hydrogen) atoms. The van der Waals surface area contributed by atoms with Crippen molar-refractivity contribution in [3.05, 3.63) is 0 Å². The molecule has 2 heteroatoms. The van der Waals surface area contributed by atoms with Gasteiger partial charge in [-0.25, -0.2) is 0 Å².